The fourth-order valence-corrected chi connectivity index (χ4v) is 4.42. The van der Waals surface area contributed by atoms with Crippen molar-refractivity contribution in [1.82, 2.24) is 10.3 Å². The van der Waals surface area contributed by atoms with Crippen LogP contribution in [-0.2, 0) is 16.6 Å². The standard InChI is InChI=1S/C26H25N3O5S/c1-17-7-9-19(10-8-17)25(30)27-16-24-18(2)34-26(28-24)20-5-4-6-21(15-20)29-35(31,32)23-13-11-22(33-3)12-14-23/h4-15,29H,16H2,1-3H3,(H,27,30). The Morgan fingerprint density at radius 2 is 1.71 bits per heavy atom. The summed E-state index contributed by atoms with van der Waals surface area (Å²) in [6.45, 7) is 3.92. The molecule has 0 atom stereocenters. The van der Waals surface area contributed by atoms with E-state index in [1.165, 1.54) is 19.2 Å². The molecule has 0 spiro atoms. The lowest BCUT2D eigenvalue weighted by Crippen LogP contribution is -2.23. The second-order valence-electron chi connectivity index (χ2n) is 7.93. The lowest BCUT2D eigenvalue weighted by atomic mass is 10.1. The number of benzene rings is 3. The predicted molar refractivity (Wildman–Crippen MR) is 133 cm³/mol. The number of anilines is 1. The van der Waals surface area contributed by atoms with Crippen molar-refractivity contribution in [1.29, 1.82) is 0 Å². The van der Waals surface area contributed by atoms with Gasteiger partial charge in [-0.3, -0.25) is 9.52 Å². The highest BCUT2D eigenvalue weighted by Crippen LogP contribution is 2.26. The van der Waals surface area contributed by atoms with Crippen molar-refractivity contribution < 1.29 is 22.4 Å². The van der Waals surface area contributed by atoms with Crippen LogP contribution >= 0.6 is 0 Å². The van der Waals surface area contributed by atoms with Crippen molar-refractivity contribution >= 4 is 21.6 Å². The van der Waals surface area contributed by atoms with Crippen molar-refractivity contribution in [2.75, 3.05) is 11.8 Å². The lowest BCUT2D eigenvalue weighted by molar-refractivity contribution is 0.0950. The number of aromatic nitrogens is 1. The Bertz CT molecular complexity index is 1440. The van der Waals surface area contributed by atoms with E-state index in [9.17, 15) is 13.2 Å². The Kier molecular flexibility index (Phi) is 6.88. The van der Waals surface area contributed by atoms with E-state index in [0.717, 1.165) is 5.56 Å². The minimum atomic E-state index is -3.79. The molecule has 0 bridgehead atoms. The molecule has 4 aromatic rings. The number of nitrogens with zero attached hydrogens (tertiary/aromatic N) is 1. The van der Waals surface area contributed by atoms with E-state index in [2.05, 4.69) is 15.0 Å². The van der Waals surface area contributed by atoms with Gasteiger partial charge in [0, 0.05) is 16.8 Å². The average Bonchev–Trinajstić information content (AvgIpc) is 3.23. The first kappa shape index (κ1) is 24.0. The maximum absolute atomic E-state index is 12.8. The molecule has 0 aliphatic heterocycles. The summed E-state index contributed by atoms with van der Waals surface area (Å²) < 4.78 is 39.0. The van der Waals surface area contributed by atoms with Gasteiger partial charge in [-0.25, -0.2) is 13.4 Å². The van der Waals surface area contributed by atoms with Crippen molar-refractivity contribution in [3.63, 3.8) is 0 Å². The summed E-state index contributed by atoms with van der Waals surface area (Å²) in [5.74, 6) is 1.25. The van der Waals surface area contributed by atoms with Gasteiger partial charge in [-0.2, -0.15) is 0 Å². The molecular weight excluding hydrogens is 466 g/mol. The fraction of sp³-hybridized carbons (Fsp3) is 0.154. The molecule has 0 fully saturated rings. The maximum atomic E-state index is 12.8. The van der Waals surface area contributed by atoms with Crippen LogP contribution in [-0.4, -0.2) is 26.4 Å². The number of nitrogens with one attached hydrogen (secondary N) is 2. The molecule has 3 aromatic carbocycles. The second-order valence-corrected chi connectivity index (χ2v) is 9.61. The molecule has 2 N–H and O–H groups in total. The highest BCUT2D eigenvalue weighted by atomic mass is 32.2. The molecule has 0 radical (unpaired) electrons. The zero-order valence-corrected chi connectivity index (χ0v) is 20.3. The van der Waals surface area contributed by atoms with E-state index >= 15 is 0 Å². The second kappa shape index (κ2) is 10.0. The predicted octanol–water partition coefficient (Wildman–Crippen LogP) is 4.70. The molecule has 0 aliphatic carbocycles. The number of hydrogen-bond donors (Lipinski definition) is 2. The minimum Gasteiger partial charge on any atom is -0.497 e. The number of amides is 1. The number of hydrogen-bond acceptors (Lipinski definition) is 6. The Hall–Kier alpha value is -4.11. The van der Waals surface area contributed by atoms with Crippen LogP contribution in [0.3, 0.4) is 0 Å². The van der Waals surface area contributed by atoms with Crippen molar-refractivity contribution in [2.45, 2.75) is 25.3 Å². The normalized spacial score (nSPS) is 11.2. The van der Waals surface area contributed by atoms with Gasteiger partial charge < -0.3 is 14.5 Å². The van der Waals surface area contributed by atoms with Crippen LogP contribution in [0.2, 0.25) is 0 Å². The summed E-state index contributed by atoms with van der Waals surface area (Å²) in [6.07, 6.45) is 0. The van der Waals surface area contributed by atoms with E-state index in [4.69, 9.17) is 9.15 Å². The van der Waals surface area contributed by atoms with Crippen molar-refractivity contribution in [2.24, 2.45) is 0 Å². The molecule has 0 aliphatic rings. The molecule has 0 saturated heterocycles. The first-order valence-corrected chi connectivity index (χ1v) is 12.3. The highest BCUT2D eigenvalue weighted by molar-refractivity contribution is 7.92. The molecule has 1 aromatic heterocycles. The van der Waals surface area contributed by atoms with E-state index in [1.807, 2.05) is 19.1 Å². The summed E-state index contributed by atoms with van der Waals surface area (Å²) >= 11 is 0. The Morgan fingerprint density at radius 3 is 2.40 bits per heavy atom. The van der Waals surface area contributed by atoms with Crippen LogP contribution in [0.4, 0.5) is 5.69 Å². The summed E-state index contributed by atoms with van der Waals surface area (Å²) in [6, 6.07) is 20.2. The van der Waals surface area contributed by atoms with E-state index in [0.29, 0.717) is 39.9 Å². The SMILES string of the molecule is COc1ccc(S(=O)(=O)Nc2cccc(-c3nc(CNC(=O)c4ccc(C)cc4)c(C)o3)c2)cc1. The van der Waals surface area contributed by atoms with Crippen LogP contribution in [0.15, 0.2) is 82.1 Å². The number of oxazole rings is 1. The smallest absolute Gasteiger partial charge is 0.261 e. The third kappa shape index (κ3) is 5.70. The largest absolute Gasteiger partial charge is 0.497 e. The van der Waals surface area contributed by atoms with Gasteiger partial charge in [-0.15, -0.1) is 0 Å². The van der Waals surface area contributed by atoms with Gasteiger partial charge in [0.2, 0.25) is 5.89 Å². The van der Waals surface area contributed by atoms with E-state index < -0.39 is 10.0 Å². The third-order valence-electron chi connectivity index (χ3n) is 5.35. The van der Waals surface area contributed by atoms with E-state index in [1.54, 1.807) is 55.5 Å². The Balaban J connectivity index is 1.47. The summed E-state index contributed by atoms with van der Waals surface area (Å²) in [5, 5.41) is 2.85. The van der Waals surface area contributed by atoms with Gasteiger partial charge in [0.1, 0.15) is 17.2 Å². The number of carbonyl (C=O) groups excluding carboxylic acids is 1. The molecule has 0 unspecified atom stereocenters. The molecule has 9 heteroatoms. The van der Waals surface area contributed by atoms with Gasteiger partial charge in [0.05, 0.1) is 18.6 Å². The average molecular weight is 492 g/mol. The molecule has 0 saturated carbocycles. The molecule has 1 amide bonds. The first-order valence-electron chi connectivity index (χ1n) is 10.8. The van der Waals surface area contributed by atoms with Crippen LogP contribution in [0.25, 0.3) is 11.5 Å². The summed E-state index contributed by atoms with van der Waals surface area (Å²) in [5.41, 5.74) is 3.19. The molecular formula is C26H25N3O5S. The third-order valence-corrected chi connectivity index (χ3v) is 6.75. The zero-order chi connectivity index (χ0) is 25.0. The number of methoxy groups -OCH3 is 1. The Morgan fingerprint density at radius 1 is 1.00 bits per heavy atom. The van der Waals surface area contributed by atoms with Gasteiger partial charge >= 0.3 is 0 Å². The minimum absolute atomic E-state index is 0.113. The topological polar surface area (TPSA) is 111 Å². The van der Waals surface area contributed by atoms with Gasteiger partial charge in [-0.1, -0.05) is 23.8 Å². The highest BCUT2D eigenvalue weighted by Gasteiger charge is 2.17. The number of aryl methyl sites for hydroxylation is 2. The van der Waals surface area contributed by atoms with Gasteiger partial charge in [-0.05, 0) is 68.4 Å². The van der Waals surface area contributed by atoms with Crippen LogP contribution in [0.5, 0.6) is 5.75 Å². The monoisotopic (exact) mass is 491 g/mol. The lowest BCUT2D eigenvalue weighted by Gasteiger charge is -2.09. The van der Waals surface area contributed by atoms with Crippen molar-refractivity contribution in [3.05, 3.63) is 95.4 Å². The fourth-order valence-electron chi connectivity index (χ4n) is 3.37. The molecule has 35 heavy (non-hydrogen) atoms. The number of sulfonamides is 1. The maximum Gasteiger partial charge on any atom is 0.261 e. The summed E-state index contributed by atoms with van der Waals surface area (Å²) in [7, 11) is -2.28. The van der Waals surface area contributed by atoms with Gasteiger partial charge in [0.25, 0.3) is 15.9 Å². The molecule has 180 valence electrons. The van der Waals surface area contributed by atoms with Crippen LogP contribution < -0.4 is 14.8 Å². The number of ether oxygens (including phenoxy) is 1. The van der Waals surface area contributed by atoms with Gasteiger partial charge in [0.15, 0.2) is 0 Å². The molecule has 4 rings (SSSR count). The van der Waals surface area contributed by atoms with E-state index in [-0.39, 0.29) is 17.3 Å². The molecule has 1 heterocycles. The molecule has 8 nitrogen and oxygen atoms in total. The zero-order valence-electron chi connectivity index (χ0n) is 19.5. The first-order chi connectivity index (χ1) is 16.7. The number of rotatable bonds is 8. The van der Waals surface area contributed by atoms with Crippen LogP contribution in [0.1, 0.15) is 27.4 Å². The quantitative estimate of drug-likeness (QED) is 0.370. The number of carbonyl (C=O) groups is 1. The Labute approximate surface area is 204 Å². The van der Waals surface area contributed by atoms with Crippen LogP contribution in [0, 0.1) is 13.8 Å². The van der Waals surface area contributed by atoms with Crippen molar-refractivity contribution in [3.8, 4) is 17.2 Å². The summed E-state index contributed by atoms with van der Waals surface area (Å²) in [4.78, 5) is 17.0.